The lowest BCUT2D eigenvalue weighted by atomic mass is 10.1. The Balaban J connectivity index is 2.28. The number of aryl methyl sites for hydroxylation is 1. The number of hydrogen-bond donors (Lipinski definition) is 1. The van der Waals surface area contributed by atoms with E-state index in [1.165, 1.54) is 6.07 Å². The van der Waals surface area contributed by atoms with Crippen molar-refractivity contribution in [3.63, 3.8) is 0 Å². The van der Waals surface area contributed by atoms with Gasteiger partial charge in [0.25, 0.3) is 0 Å². The van der Waals surface area contributed by atoms with E-state index in [2.05, 4.69) is 0 Å². The molecule has 0 unspecified atom stereocenters. The quantitative estimate of drug-likeness (QED) is 0.749. The molecule has 21 heavy (non-hydrogen) atoms. The fraction of sp³-hybridized carbons (Fsp3) is 0.0588. The Hall–Kier alpha value is -2.88. The highest BCUT2D eigenvalue weighted by atomic mass is 16.4. The molecule has 2 heterocycles. The van der Waals surface area contributed by atoms with Gasteiger partial charge in [-0.1, -0.05) is 36.4 Å². The number of carboxylic acids is 1. The van der Waals surface area contributed by atoms with Gasteiger partial charge in [-0.2, -0.15) is 0 Å². The number of hydrogen-bond acceptors (Lipinski definition) is 2. The van der Waals surface area contributed by atoms with Crippen molar-refractivity contribution in [2.75, 3.05) is 0 Å². The first-order valence-corrected chi connectivity index (χ1v) is 6.53. The molecular weight excluding hydrogens is 266 g/mol. The number of carbonyl (C=O) groups is 2. The number of nitrogens with zero attached hydrogens (tertiary/aromatic N) is 1. The molecule has 0 aliphatic heterocycles. The summed E-state index contributed by atoms with van der Waals surface area (Å²) in [6.45, 7) is 1.85. The third-order valence-corrected chi connectivity index (χ3v) is 3.48. The Labute approximate surface area is 121 Å². The zero-order chi connectivity index (χ0) is 15.0. The lowest BCUT2D eigenvalue weighted by Gasteiger charge is -2.06. The maximum atomic E-state index is 12.6. The van der Waals surface area contributed by atoms with Crippen molar-refractivity contribution in [1.82, 2.24) is 4.40 Å². The highest BCUT2D eigenvalue weighted by molar-refractivity contribution is 6.11. The summed E-state index contributed by atoms with van der Waals surface area (Å²) in [6, 6.07) is 15.6. The van der Waals surface area contributed by atoms with Gasteiger partial charge in [-0.3, -0.25) is 4.79 Å². The van der Waals surface area contributed by atoms with Crippen LogP contribution in [0.25, 0.3) is 5.52 Å². The van der Waals surface area contributed by atoms with Crippen LogP contribution in [0.2, 0.25) is 0 Å². The van der Waals surface area contributed by atoms with E-state index in [0.717, 1.165) is 5.69 Å². The highest BCUT2D eigenvalue weighted by Crippen LogP contribution is 2.21. The molecule has 2 aromatic heterocycles. The zero-order valence-electron chi connectivity index (χ0n) is 11.4. The molecule has 0 saturated heterocycles. The number of pyridine rings is 1. The van der Waals surface area contributed by atoms with Gasteiger partial charge in [-0.25, -0.2) is 4.79 Å². The van der Waals surface area contributed by atoms with E-state index >= 15 is 0 Å². The molecule has 1 N–H and O–H groups in total. The van der Waals surface area contributed by atoms with Crippen molar-refractivity contribution in [1.29, 1.82) is 0 Å². The summed E-state index contributed by atoms with van der Waals surface area (Å²) in [5, 5.41) is 9.31. The van der Waals surface area contributed by atoms with Crippen molar-refractivity contribution < 1.29 is 14.7 Å². The van der Waals surface area contributed by atoms with Crippen molar-refractivity contribution >= 4 is 17.3 Å². The first-order valence-electron chi connectivity index (χ1n) is 6.53. The van der Waals surface area contributed by atoms with Crippen LogP contribution < -0.4 is 0 Å². The minimum atomic E-state index is -1.04. The van der Waals surface area contributed by atoms with Gasteiger partial charge < -0.3 is 9.51 Å². The summed E-state index contributed by atoms with van der Waals surface area (Å²) in [7, 11) is 0. The van der Waals surface area contributed by atoms with Gasteiger partial charge in [-0.05, 0) is 25.1 Å². The number of aromatic nitrogens is 1. The van der Waals surface area contributed by atoms with E-state index in [9.17, 15) is 14.7 Å². The summed E-state index contributed by atoms with van der Waals surface area (Å²) in [5.74, 6) is -1.22. The minimum Gasteiger partial charge on any atom is -0.478 e. The van der Waals surface area contributed by atoms with Crippen LogP contribution in [-0.2, 0) is 0 Å². The number of carbonyl (C=O) groups excluding carboxylic acids is 1. The van der Waals surface area contributed by atoms with Crippen molar-refractivity contribution in [2.24, 2.45) is 0 Å². The third-order valence-electron chi connectivity index (χ3n) is 3.48. The molecule has 0 bridgehead atoms. The maximum Gasteiger partial charge on any atom is 0.337 e. The average molecular weight is 279 g/mol. The fourth-order valence-corrected chi connectivity index (χ4v) is 2.50. The second-order valence-electron chi connectivity index (χ2n) is 4.83. The molecule has 0 aliphatic carbocycles. The van der Waals surface area contributed by atoms with Crippen molar-refractivity contribution in [3.8, 4) is 0 Å². The monoisotopic (exact) mass is 279 g/mol. The summed E-state index contributed by atoms with van der Waals surface area (Å²) < 4.78 is 1.69. The van der Waals surface area contributed by atoms with Gasteiger partial charge in [0.05, 0.1) is 16.8 Å². The average Bonchev–Trinajstić information content (AvgIpc) is 2.88. The summed E-state index contributed by atoms with van der Waals surface area (Å²) >= 11 is 0. The molecular formula is C17H13NO3. The van der Waals surface area contributed by atoms with E-state index in [-0.39, 0.29) is 11.3 Å². The Morgan fingerprint density at radius 1 is 1.00 bits per heavy atom. The topological polar surface area (TPSA) is 58.8 Å². The van der Waals surface area contributed by atoms with Crippen LogP contribution in [0.4, 0.5) is 0 Å². The predicted molar refractivity (Wildman–Crippen MR) is 79.0 cm³/mol. The van der Waals surface area contributed by atoms with E-state index in [0.29, 0.717) is 16.8 Å². The third kappa shape index (κ3) is 2.10. The number of rotatable bonds is 3. The first kappa shape index (κ1) is 13.1. The Kier molecular flexibility index (Phi) is 3.06. The van der Waals surface area contributed by atoms with E-state index in [4.69, 9.17) is 0 Å². The van der Waals surface area contributed by atoms with E-state index in [1.807, 2.05) is 19.1 Å². The molecule has 3 rings (SSSR count). The predicted octanol–water partition coefficient (Wildman–Crippen LogP) is 3.18. The molecule has 0 amide bonds. The van der Waals surface area contributed by atoms with Crippen LogP contribution in [0.5, 0.6) is 0 Å². The maximum absolute atomic E-state index is 12.6. The zero-order valence-corrected chi connectivity index (χ0v) is 11.4. The van der Waals surface area contributed by atoms with Crippen LogP contribution >= 0.6 is 0 Å². The van der Waals surface area contributed by atoms with Gasteiger partial charge in [0.1, 0.15) is 0 Å². The molecule has 0 aliphatic rings. The van der Waals surface area contributed by atoms with Gasteiger partial charge in [0.15, 0.2) is 0 Å². The van der Waals surface area contributed by atoms with Gasteiger partial charge in [0, 0.05) is 11.3 Å². The standard InChI is InChI=1S/C17H13NO3/c1-11-6-5-9-14-13(17(20)21)10-15(18(11)14)16(19)12-7-3-2-4-8-12/h2-10H,1H3,(H,20,21). The molecule has 0 spiro atoms. The second kappa shape index (κ2) is 4.90. The first-order chi connectivity index (χ1) is 10.1. The summed E-state index contributed by atoms with van der Waals surface area (Å²) in [5.41, 5.74) is 2.39. The number of carboxylic acid groups (broad SMARTS) is 1. The number of benzene rings is 1. The van der Waals surface area contributed by atoms with Crippen LogP contribution in [0.3, 0.4) is 0 Å². The van der Waals surface area contributed by atoms with Gasteiger partial charge in [0.2, 0.25) is 5.78 Å². The Bertz CT molecular complexity index is 847. The SMILES string of the molecule is Cc1cccc2c(C(=O)O)cc(C(=O)c3ccccc3)n12. The van der Waals surface area contributed by atoms with Gasteiger partial charge >= 0.3 is 5.97 Å². The number of ketones is 1. The normalized spacial score (nSPS) is 10.7. The molecule has 0 fully saturated rings. The van der Waals surface area contributed by atoms with E-state index < -0.39 is 5.97 Å². The molecule has 4 heteroatoms. The molecule has 4 nitrogen and oxygen atoms in total. The lowest BCUT2D eigenvalue weighted by Crippen LogP contribution is -2.06. The van der Waals surface area contributed by atoms with E-state index in [1.54, 1.807) is 40.8 Å². The summed E-state index contributed by atoms with van der Waals surface area (Å²) in [4.78, 5) is 24.0. The molecule has 0 saturated carbocycles. The van der Waals surface area contributed by atoms with Crippen LogP contribution in [-0.4, -0.2) is 21.3 Å². The minimum absolute atomic E-state index is 0.137. The molecule has 1 aromatic carbocycles. The summed E-state index contributed by atoms with van der Waals surface area (Å²) in [6.07, 6.45) is 0. The molecule has 0 atom stereocenters. The molecule has 3 aromatic rings. The number of fused-ring (bicyclic) bond motifs is 1. The van der Waals surface area contributed by atoms with Crippen LogP contribution in [0.15, 0.2) is 54.6 Å². The fourth-order valence-electron chi connectivity index (χ4n) is 2.50. The van der Waals surface area contributed by atoms with Gasteiger partial charge in [-0.15, -0.1) is 0 Å². The Morgan fingerprint density at radius 3 is 2.38 bits per heavy atom. The molecule has 0 radical (unpaired) electrons. The van der Waals surface area contributed by atoms with Crippen LogP contribution in [0, 0.1) is 6.92 Å². The number of aromatic carboxylic acids is 1. The van der Waals surface area contributed by atoms with Crippen molar-refractivity contribution in [3.05, 3.63) is 77.1 Å². The Morgan fingerprint density at radius 2 is 1.71 bits per heavy atom. The molecule has 104 valence electrons. The largest absolute Gasteiger partial charge is 0.478 e. The second-order valence-corrected chi connectivity index (χ2v) is 4.83. The highest BCUT2D eigenvalue weighted by Gasteiger charge is 2.20. The smallest absolute Gasteiger partial charge is 0.337 e. The lowest BCUT2D eigenvalue weighted by molar-refractivity contribution is 0.0699. The van der Waals surface area contributed by atoms with Crippen LogP contribution in [0.1, 0.15) is 32.1 Å². The van der Waals surface area contributed by atoms with Crippen molar-refractivity contribution in [2.45, 2.75) is 6.92 Å².